The zero-order chi connectivity index (χ0) is 8.27. The molecule has 1 saturated heterocycles. The van der Waals surface area contributed by atoms with Crippen molar-refractivity contribution in [3.8, 4) is 0 Å². The van der Waals surface area contributed by atoms with Gasteiger partial charge in [0.2, 0.25) is 0 Å². The first-order valence-corrected chi connectivity index (χ1v) is 4.23. The summed E-state index contributed by atoms with van der Waals surface area (Å²) in [5, 5.41) is 9.01. The van der Waals surface area contributed by atoms with Gasteiger partial charge < -0.3 is 10.0 Å². The van der Waals surface area contributed by atoms with Crippen molar-refractivity contribution < 1.29 is 5.11 Å². The summed E-state index contributed by atoms with van der Waals surface area (Å²) in [6.45, 7) is 3.59. The summed E-state index contributed by atoms with van der Waals surface area (Å²) < 4.78 is 0. The van der Waals surface area contributed by atoms with E-state index >= 15 is 0 Å². The summed E-state index contributed by atoms with van der Waals surface area (Å²) in [6, 6.07) is 0.375. The van der Waals surface area contributed by atoms with Gasteiger partial charge in [0.15, 0.2) is 0 Å². The van der Waals surface area contributed by atoms with E-state index in [0.29, 0.717) is 12.6 Å². The fourth-order valence-corrected chi connectivity index (χ4v) is 1.44. The Hall–Kier alpha value is -0.120. The lowest BCUT2D eigenvalue weighted by molar-refractivity contribution is 0.152. The molecule has 0 bridgehead atoms. The number of likely N-dealkylation sites (N-methyl/N-ethyl adjacent to an activating group) is 2. The van der Waals surface area contributed by atoms with Crippen LogP contribution in [0.5, 0.6) is 0 Å². The van der Waals surface area contributed by atoms with Crippen molar-refractivity contribution >= 4 is 0 Å². The smallest absolute Gasteiger partial charge is 0.0587 e. The molecule has 0 aromatic rings. The monoisotopic (exact) mass is 158 g/mol. The zero-order valence-electron chi connectivity index (χ0n) is 7.45. The second-order valence-corrected chi connectivity index (χ2v) is 3.41. The van der Waals surface area contributed by atoms with Crippen molar-refractivity contribution in [2.75, 3.05) is 40.3 Å². The summed E-state index contributed by atoms with van der Waals surface area (Å²) >= 11 is 0. The summed E-state index contributed by atoms with van der Waals surface area (Å²) in [6.07, 6.45) is 1.09. The largest absolute Gasteiger partial charge is 0.395 e. The van der Waals surface area contributed by atoms with Gasteiger partial charge in [-0.15, -0.1) is 0 Å². The van der Waals surface area contributed by atoms with Crippen LogP contribution in [-0.4, -0.2) is 61.3 Å². The summed E-state index contributed by atoms with van der Waals surface area (Å²) in [7, 11) is 4.22. The van der Waals surface area contributed by atoms with Crippen LogP contribution in [-0.2, 0) is 0 Å². The Labute approximate surface area is 68.6 Å². The highest BCUT2D eigenvalue weighted by Crippen LogP contribution is 2.06. The maximum Gasteiger partial charge on any atom is 0.0587 e. The van der Waals surface area contributed by atoms with E-state index in [9.17, 15) is 0 Å². The maximum absolute atomic E-state index is 9.01. The minimum atomic E-state index is 0.296. The van der Waals surface area contributed by atoms with Gasteiger partial charge in [0.25, 0.3) is 0 Å². The molecule has 0 amide bonds. The minimum absolute atomic E-state index is 0.296. The number of rotatable bonds is 1. The molecule has 1 atom stereocenters. The predicted molar refractivity (Wildman–Crippen MR) is 45.6 cm³/mol. The molecule has 1 unspecified atom stereocenters. The Balaban J connectivity index is 2.41. The van der Waals surface area contributed by atoms with Crippen molar-refractivity contribution in [3.63, 3.8) is 0 Å². The first-order valence-electron chi connectivity index (χ1n) is 4.23. The molecule has 11 heavy (non-hydrogen) atoms. The van der Waals surface area contributed by atoms with Crippen molar-refractivity contribution in [1.29, 1.82) is 0 Å². The van der Waals surface area contributed by atoms with E-state index in [4.69, 9.17) is 5.11 Å². The molecule has 1 aliphatic rings. The first-order chi connectivity index (χ1) is 5.24. The molecule has 0 aliphatic carbocycles. The van der Waals surface area contributed by atoms with Crippen LogP contribution in [0.1, 0.15) is 6.42 Å². The van der Waals surface area contributed by atoms with Gasteiger partial charge in [0.1, 0.15) is 0 Å². The van der Waals surface area contributed by atoms with Crippen LogP contribution in [0.4, 0.5) is 0 Å². The SMILES string of the molecule is CN1CCC(CO)N(C)CC1. The Morgan fingerprint density at radius 1 is 1.27 bits per heavy atom. The van der Waals surface area contributed by atoms with Crippen molar-refractivity contribution in [2.45, 2.75) is 12.5 Å². The average Bonchev–Trinajstić information content (AvgIpc) is 2.15. The van der Waals surface area contributed by atoms with Gasteiger partial charge >= 0.3 is 0 Å². The molecule has 3 heteroatoms. The lowest BCUT2D eigenvalue weighted by atomic mass is 10.2. The lowest BCUT2D eigenvalue weighted by Gasteiger charge is -2.22. The van der Waals surface area contributed by atoms with Crippen LogP contribution in [0.25, 0.3) is 0 Å². The second-order valence-electron chi connectivity index (χ2n) is 3.41. The van der Waals surface area contributed by atoms with E-state index < -0.39 is 0 Å². The molecule has 0 aromatic heterocycles. The molecule has 0 saturated carbocycles. The molecule has 1 fully saturated rings. The number of aliphatic hydroxyl groups is 1. The van der Waals surface area contributed by atoms with E-state index in [0.717, 1.165) is 26.1 Å². The van der Waals surface area contributed by atoms with E-state index in [-0.39, 0.29) is 0 Å². The predicted octanol–water partition coefficient (Wildman–Crippen LogP) is -0.385. The molecule has 1 heterocycles. The van der Waals surface area contributed by atoms with Crippen LogP contribution < -0.4 is 0 Å². The molecule has 66 valence electrons. The summed E-state index contributed by atoms with van der Waals surface area (Å²) in [5.41, 5.74) is 0. The fourth-order valence-electron chi connectivity index (χ4n) is 1.44. The molecule has 1 rings (SSSR count). The number of hydrogen-bond acceptors (Lipinski definition) is 3. The quantitative estimate of drug-likeness (QED) is 0.563. The van der Waals surface area contributed by atoms with Gasteiger partial charge in [-0.25, -0.2) is 0 Å². The number of hydrogen-bond donors (Lipinski definition) is 1. The van der Waals surface area contributed by atoms with Gasteiger partial charge in [-0.1, -0.05) is 0 Å². The molecule has 0 radical (unpaired) electrons. The molecule has 1 N–H and O–H groups in total. The van der Waals surface area contributed by atoms with Crippen LogP contribution >= 0.6 is 0 Å². The summed E-state index contributed by atoms with van der Waals surface area (Å²) in [5.74, 6) is 0. The second kappa shape index (κ2) is 4.04. The van der Waals surface area contributed by atoms with Gasteiger partial charge in [0.05, 0.1) is 6.61 Å². The van der Waals surface area contributed by atoms with Crippen LogP contribution in [0.3, 0.4) is 0 Å². The maximum atomic E-state index is 9.01. The molecule has 0 spiro atoms. The number of aliphatic hydroxyl groups excluding tert-OH is 1. The minimum Gasteiger partial charge on any atom is -0.395 e. The fraction of sp³-hybridized carbons (Fsp3) is 1.00. The highest BCUT2D eigenvalue weighted by Gasteiger charge is 2.17. The highest BCUT2D eigenvalue weighted by atomic mass is 16.3. The van der Waals surface area contributed by atoms with Gasteiger partial charge in [-0.3, -0.25) is 4.90 Å². The van der Waals surface area contributed by atoms with Crippen molar-refractivity contribution in [1.82, 2.24) is 9.80 Å². The third-order valence-electron chi connectivity index (χ3n) is 2.51. The van der Waals surface area contributed by atoms with Crippen molar-refractivity contribution in [2.24, 2.45) is 0 Å². The molecule has 1 aliphatic heterocycles. The average molecular weight is 158 g/mol. The van der Waals surface area contributed by atoms with E-state index in [1.165, 1.54) is 0 Å². The van der Waals surface area contributed by atoms with E-state index in [1.54, 1.807) is 0 Å². The lowest BCUT2D eigenvalue weighted by Crippen LogP contribution is -2.35. The molecular weight excluding hydrogens is 140 g/mol. The summed E-state index contributed by atoms with van der Waals surface area (Å²) in [4.78, 5) is 4.55. The van der Waals surface area contributed by atoms with E-state index in [1.807, 2.05) is 0 Å². The van der Waals surface area contributed by atoms with Gasteiger partial charge in [-0.2, -0.15) is 0 Å². The van der Waals surface area contributed by atoms with Crippen molar-refractivity contribution in [3.05, 3.63) is 0 Å². The highest BCUT2D eigenvalue weighted by molar-refractivity contribution is 4.74. The molecule has 0 aromatic carbocycles. The first kappa shape index (κ1) is 8.97. The van der Waals surface area contributed by atoms with Gasteiger partial charge in [0, 0.05) is 19.1 Å². The van der Waals surface area contributed by atoms with Crippen LogP contribution in [0.2, 0.25) is 0 Å². The topological polar surface area (TPSA) is 26.7 Å². The third-order valence-corrected chi connectivity index (χ3v) is 2.51. The zero-order valence-corrected chi connectivity index (χ0v) is 7.45. The Morgan fingerprint density at radius 2 is 2.00 bits per heavy atom. The standard InChI is InChI=1S/C8H18N2O/c1-9-4-3-8(7-11)10(2)6-5-9/h8,11H,3-7H2,1-2H3. The Morgan fingerprint density at radius 3 is 2.64 bits per heavy atom. The normalized spacial score (nSPS) is 30.3. The molecular formula is C8H18N2O. The van der Waals surface area contributed by atoms with Gasteiger partial charge in [-0.05, 0) is 27.1 Å². The van der Waals surface area contributed by atoms with E-state index in [2.05, 4.69) is 23.9 Å². The Bertz CT molecular complexity index is 119. The van der Waals surface area contributed by atoms with Crippen LogP contribution in [0.15, 0.2) is 0 Å². The third kappa shape index (κ3) is 2.43. The van der Waals surface area contributed by atoms with Crippen LogP contribution in [0, 0.1) is 0 Å². The Kier molecular flexibility index (Phi) is 3.30. The molecule has 3 nitrogen and oxygen atoms in total. The number of nitrogens with zero attached hydrogens (tertiary/aromatic N) is 2.